The first-order chi connectivity index (χ1) is 8.17. The molecule has 0 radical (unpaired) electrons. The van der Waals surface area contributed by atoms with Gasteiger partial charge in [0.2, 0.25) is 15.9 Å². The summed E-state index contributed by atoms with van der Waals surface area (Å²) in [4.78, 5) is 11.2. The molecule has 0 spiro atoms. The normalized spacial score (nSPS) is 13.6. The average Bonchev–Trinajstić information content (AvgIpc) is 2.26. The Kier molecular flexibility index (Phi) is 4.52. The average molecular weight is 335 g/mol. The lowest BCUT2D eigenvalue weighted by atomic mass is 10.2. The minimum Gasteiger partial charge on any atom is -0.368 e. The van der Waals surface area contributed by atoms with Crippen LogP contribution >= 0.6 is 15.9 Å². The van der Waals surface area contributed by atoms with Crippen molar-refractivity contribution in [3.05, 3.63) is 28.2 Å². The fourth-order valence-electron chi connectivity index (χ4n) is 1.44. The molecule has 1 aromatic rings. The van der Waals surface area contributed by atoms with Crippen molar-refractivity contribution >= 4 is 31.9 Å². The summed E-state index contributed by atoms with van der Waals surface area (Å²) in [6.45, 7) is 3.15. The number of hydrogen-bond donors (Lipinski definition) is 1. The Hall–Kier alpha value is -0.920. The van der Waals surface area contributed by atoms with Gasteiger partial charge in [-0.05, 0) is 37.6 Å². The van der Waals surface area contributed by atoms with Crippen molar-refractivity contribution in [1.29, 1.82) is 0 Å². The molecule has 18 heavy (non-hydrogen) atoms. The topological polar surface area (TPSA) is 80.5 Å². The quantitative estimate of drug-likeness (QED) is 0.899. The van der Waals surface area contributed by atoms with Crippen LogP contribution in [0.4, 0.5) is 0 Å². The number of primary amides is 1. The number of likely N-dealkylation sites (N-methyl/N-ethyl adjacent to an activating group) is 1. The van der Waals surface area contributed by atoms with Crippen molar-refractivity contribution < 1.29 is 13.2 Å². The van der Waals surface area contributed by atoms with Crippen LogP contribution in [0.25, 0.3) is 0 Å². The summed E-state index contributed by atoms with van der Waals surface area (Å²) in [5.41, 5.74) is 5.73. The van der Waals surface area contributed by atoms with Crippen LogP contribution in [0.15, 0.2) is 27.6 Å². The summed E-state index contributed by atoms with van der Waals surface area (Å²) in [6.07, 6.45) is 0. The summed E-state index contributed by atoms with van der Waals surface area (Å²) in [5, 5.41) is 0. The van der Waals surface area contributed by atoms with Crippen LogP contribution in [-0.4, -0.2) is 31.7 Å². The van der Waals surface area contributed by atoms with Crippen molar-refractivity contribution in [3.63, 3.8) is 0 Å². The third-order valence-electron chi connectivity index (χ3n) is 2.75. The van der Waals surface area contributed by atoms with Crippen molar-refractivity contribution in [2.24, 2.45) is 5.73 Å². The standard InChI is InChI=1S/C11H15BrN2O3S/c1-7-6-9(12)4-5-10(7)18(16,17)14(3)8(2)11(13)15/h4-6,8H,1-3H3,(H2,13,15)/t8-/m1/s1. The number of carbonyl (C=O) groups is 1. The van der Waals surface area contributed by atoms with Crippen molar-refractivity contribution in [3.8, 4) is 0 Å². The van der Waals surface area contributed by atoms with Crippen LogP contribution in [0.2, 0.25) is 0 Å². The molecule has 0 unspecified atom stereocenters. The summed E-state index contributed by atoms with van der Waals surface area (Å²) >= 11 is 3.27. The van der Waals surface area contributed by atoms with Gasteiger partial charge in [-0.2, -0.15) is 4.31 Å². The Morgan fingerprint density at radius 1 is 1.44 bits per heavy atom. The molecule has 7 heteroatoms. The molecule has 1 rings (SSSR count). The van der Waals surface area contributed by atoms with E-state index < -0.39 is 22.0 Å². The van der Waals surface area contributed by atoms with Gasteiger partial charge in [-0.15, -0.1) is 0 Å². The van der Waals surface area contributed by atoms with E-state index in [-0.39, 0.29) is 4.90 Å². The molecule has 1 atom stereocenters. The van der Waals surface area contributed by atoms with Gasteiger partial charge in [0.25, 0.3) is 0 Å². The lowest BCUT2D eigenvalue weighted by Crippen LogP contribution is -2.43. The summed E-state index contributed by atoms with van der Waals surface area (Å²) in [5.74, 6) is -0.684. The molecule has 0 bridgehead atoms. The molecule has 0 aromatic heterocycles. The number of nitrogens with zero attached hydrogens (tertiary/aromatic N) is 1. The van der Waals surface area contributed by atoms with Gasteiger partial charge < -0.3 is 5.73 Å². The second kappa shape index (κ2) is 5.38. The highest BCUT2D eigenvalue weighted by atomic mass is 79.9. The molecular formula is C11H15BrN2O3S. The van der Waals surface area contributed by atoms with Gasteiger partial charge >= 0.3 is 0 Å². The predicted molar refractivity (Wildman–Crippen MR) is 72.5 cm³/mol. The monoisotopic (exact) mass is 334 g/mol. The minimum atomic E-state index is -3.72. The Morgan fingerprint density at radius 2 is 2.00 bits per heavy atom. The first-order valence-corrected chi connectivity index (χ1v) is 7.44. The molecule has 0 saturated carbocycles. The van der Waals surface area contributed by atoms with Gasteiger partial charge in [0.15, 0.2) is 0 Å². The van der Waals surface area contributed by atoms with Crippen molar-refractivity contribution in [1.82, 2.24) is 4.31 Å². The molecule has 0 saturated heterocycles. The van der Waals surface area contributed by atoms with E-state index in [1.165, 1.54) is 20.0 Å². The minimum absolute atomic E-state index is 0.168. The van der Waals surface area contributed by atoms with Crippen LogP contribution in [-0.2, 0) is 14.8 Å². The van der Waals surface area contributed by atoms with E-state index in [2.05, 4.69) is 15.9 Å². The van der Waals surface area contributed by atoms with Crippen LogP contribution in [0.1, 0.15) is 12.5 Å². The number of amides is 1. The maximum Gasteiger partial charge on any atom is 0.243 e. The fourth-order valence-corrected chi connectivity index (χ4v) is 3.46. The molecule has 0 aliphatic carbocycles. The van der Waals surface area contributed by atoms with Crippen LogP contribution in [0, 0.1) is 6.92 Å². The van der Waals surface area contributed by atoms with Gasteiger partial charge in [0.05, 0.1) is 4.90 Å². The molecule has 1 aromatic carbocycles. The Balaban J connectivity index is 3.25. The maximum atomic E-state index is 12.3. The molecule has 5 nitrogen and oxygen atoms in total. The second-order valence-corrected chi connectivity index (χ2v) is 6.89. The molecule has 0 fully saturated rings. The highest BCUT2D eigenvalue weighted by Gasteiger charge is 2.29. The highest BCUT2D eigenvalue weighted by Crippen LogP contribution is 2.23. The van der Waals surface area contributed by atoms with E-state index in [0.717, 1.165) is 8.78 Å². The highest BCUT2D eigenvalue weighted by molar-refractivity contribution is 9.10. The van der Waals surface area contributed by atoms with Crippen LogP contribution in [0.5, 0.6) is 0 Å². The van der Waals surface area contributed by atoms with E-state index in [1.807, 2.05) is 0 Å². The van der Waals surface area contributed by atoms with Gasteiger partial charge in [-0.25, -0.2) is 8.42 Å². The first kappa shape index (κ1) is 15.1. The molecule has 2 N–H and O–H groups in total. The molecule has 1 amide bonds. The predicted octanol–water partition coefficient (Wildman–Crippen LogP) is 1.25. The molecule has 0 aliphatic heterocycles. The smallest absolute Gasteiger partial charge is 0.243 e. The lowest BCUT2D eigenvalue weighted by molar-refractivity contribution is -0.120. The molecule has 0 aliphatic rings. The number of rotatable bonds is 4. The van der Waals surface area contributed by atoms with Crippen molar-refractivity contribution in [2.75, 3.05) is 7.05 Å². The number of sulfonamides is 1. The Labute approximate surface area is 115 Å². The van der Waals surface area contributed by atoms with E-state index in [0.29, 0.717) is 5.56 Å². The Morgan fingerprint density at radius 3 is 2.44 bits per heavy atom. The second-order valence-electron chi connectivity index (χ2n) is 4.01. The van der Waals surface area contributed by atoms with Gasteiger partial charge in [0.1, 0.15) is 6.04 Å². The number of carbonyl (C=O) groups excluding carboxylic acids is 1. The number of halogens is 1. The fraction of sp³-hybridized carbons (Fsp3) is 0.364. The van der Waals surface area contributed by atoms with Gasteiger partial charge in [0, 0.05) is 11.5 Å². The van der Waals surface area contributed by atoms with E-state index in [4.69, 9.17) is 5.73 Å². The summed E-state index contributed by atoms with van der Waals surface area (Å²) in [6, 6.07) is 3.95. The largest absolute Gasteiger partial charge is 0.368 e. The molecule has 100 valence electrons. The van der Waals surface area contributed by atoms with Gasteiger partial charge in [-0.1, -0.05) is 15.9 Å². The summed E-state index contributed by atoms with van der Waals surface area (Å²) < 4.78 is 26.4. The van der Waals surface area contributed by atoms with Crippen LogP contribution < -0.4 is 5.73 Å². The number of aryl methyl sites for hydroxylation is 1. The number of nitrogens with two attached hydrogens (primary N) is 1. The Bertz CT molecular complexity index is 572. The third kappa shape index (κ3) is 2.90. The zero-order valence-electron chi connectivity index (χ0n) is 10.3. The summed E-state index contributed by atoms with van der Waals surface area (Å²) in [7, 11) is -2.38. The first-order valence-electron chi connectivity index (χ1n) is 5.21. The van der Waals surface area contributed by atoms with Crippen molar-refractivity contribution in [2.45, 2.75) is 24.8 Å². The SMILES string of the molecule is Cc1cc(Br)ccc1S(=O)(=O)N(C)[C@H](C)C(N)=O. The lowest BCUT2D eigenvalue weighted by Gasteiger charge is -2.22. The third-order valence-corrected chi connectivity index (χ3v) is 5.33. The van der Waals surface area contributed by atoms with E-state index >= 15 is 0 Å². The zero-order chi connectivity index (χ0) is 14.1. The van der Waals surface area contributed by atoms with E-state index in [1.54, 1.807) is 19.1 Å². The zero-order valence-corrected chi connectivity index (χ0v) is 12.7. The number of hydrogen-bond acceptors (Lipinski definition) is 3. The van der Waals surface area contributed by atoms with E-state index in [9.17, 15) is 13.2 Å². The maximum absolute atomic E-state index is 12.3. The van der Waals surface area contributed by atoms with Crippen LogP contribution in [0.3, 0.4) is 0 Å². The van der Waals surface area contributed by atoms with Gasteiger partial charge in [-0.3, -0.25) is 4.79 Å². The molecular weight excluding hydrogens is 320 g/mol. The molecule has 0 heterocycles. The number of benzene rings is 1.